The number of methoxy groups -OCH3 is 1. The smallest absolute Gasteiger partial charge is 0.145 e. The van der Waals surface area contributed by atoms with Crippen LogP contribution in [0.2, 0.25) is 5.02 Å². The molecular weight excluding hydrogens is 1500 g/mol. The number of imidazole rings is 2. The fourth-order valence-electron chi connectivity index (χ4n) is 13.5. The van der Waals surface area contributed by atoms with Gasteiger partial charge in [-0.15, -0.1) is 6.58 Å². The SMILES string of the molecule is C=CCn1ncc(CN(C)CCCC)c1-c1ccc(OC(C)C)cc1.CCCCN(C)Cc1cn[nH]c1-c1ccc(Oc2ccccc2)c(C#N)c1.CCCCN(C)Cc1cnn(C)c1-c1ccc(OC(C)C)c(Cl)c1.CCCN(C)Cc1c(-c2ccc(C#N)cc2)ncn1C.CCCN(C)Cc1c(-c2ccc(C#N)cc2)ncn1CCOC. The fraction of sp³-hybridized carbons (Fsp3) is 0.417. The van der Waals surface area contributed by atoms with Crippen LogP contribution in [0.5, 0.6) is 23.0 Å². The Bertz CT molecular complexity index is 4920. The number of ether oxygens (including phenoxy) is 4. The predicted molar refractivity (Wildman–Crippen MR) is 483 cm³/mol. The van der Waals surface area contributed by atoms with Crippen LogP contribution in [0.4, 0.5) is 0 Å². The Morgan fingerprint density at radius 3 is 1.55 bits per heavy atom. The van der Waals surface area contributed by atoms with Crippen molar-refractivity contribution >= 4 is 11.6 Å². The molecule has 11 aromatic rings. The van der Waals surface area contributed by atoms with Crippen molar-refractivity contribution in [2.24, 2.45) is 14.1 Å². The number of nitriles is 3. The first-order valence-electron chi connectivity index (χ1n) is 41.7. The van der Waals surface area contributed by atoms with Gasteiger partial charge in [-0.3, -0.25) is 14.5 Å². The van der Waals surface area contributed by atoms with Crippen molar-refractivity contribution < 1.29 is 18.9 Å². The van der Waals surface area contributed by atoms with Crippen molar-refractivity contribution in [3.63, 3.8) is 0 Å². The average Bonchev–Trinajstić information content (AvgIpc) is 1.72. The van der Waals surface area contributed by atoms with Crippen molar-refractivity contribution in [2.75, 3.05) is 81.7 Å². The topological polar surface area (TPSA) is 224 Å². The van der Waals surface area contributed by atoms with Gasteiger partial charge >= 0.3 is 0 Å². The Labute approximate surface area is 713 Å². The highest BCUT2D eigenvalue weighted by Gasteiger charge is 2.21. The van der Waals surface area contributed by atoms with Gasteiger partial charge in [0.2, 0.25) is 0 Å². The molecule has 1 N–H and O–H groups in total. The van der Waals surface area contributed by atoms with Gasteiger partial charge in [-0.05, 0) is 225 Å². The van der Waals surface area contributed by atoms with E-state index in [9.17, 15) is 5.26 Å². The molecule has 0 unspecified atom stereocenters. The number of halogens is 1. The van der Waals surface area contributed by atoms with E-state index >= 15 is 0 Å². The molecule has 0 aliphatic carbocycles. The lowest BCUT2D eigenvalue weighted by Gasteiger charge is -2.18. The first kappa shape index (κ1) is 95.2. The number of aromatic amines is 1. The second-order valence-corrected chi connectivity index (χ2v) is 31.1. The third kappa shape index (κ3) is 30.1. The summed E-state index contributed by atoms with van der Waals surface area (Å²) < 4.78 is 30.7. The highest BCUT2D eigenvalue weighted by atomic mass is 35.5. The maximum absolute atomic E-state index is 9.57. The van der Waals surface area contributed by atoms with Gasteiger partial charge in [-0.1, -0.05) is 114 Å². The highest BCUT2D eigenvalue weighted by molar-refractivity contribution is 6.32. The Morgan fingerprint density at radius 2 is 1.02 bits per heavy atom. The first-order chi connectivity index (χ1) is 57.5. The molecule has 0 fully saturated rings. The lowest BCUT2D eigenvalue weighted by molar-refractivity contribution is 0.185. The summed E-state index contributed by atoms with van der Waals surface area (Å²) in [4.78, 5) is 20.7. The molecule has 22 nitrogen and oxygen atoms in total. The molecule has 0 spiro atoms. The number of benzene rings is 6. The second-order valence-electron chi connectivity index (χ2n) is 30.6. The number of allylic oxidation sites excluding steroid dienone is 1. The van der Waals surface area contributed by atoms with Crippen molar-refractivity contribution in [1.82, 2.24) is 73.4 Å². The van der Waals surface area contributed by atoms with E-state index in [2.05, 4.69) is 177 Å². The molecule has 11 rings (SSSR count). The quantitative estimate of drug-likeness (QED) is 0.0354. The zero-order valence-corrected chi connectivity index (χ0v) is 74.3. The number of nitrogens with zero attached hydrogens (tertiary/aromatic N) is 17. The van der Waals surface area contributed by atoms with E-state index in [0.29, 0.717) is 46.4 Å². The molecule has 23 heteroatoms. The number of aromatic nitrogens is 10. The number of aryl methyl sites for hydroxylation is 2. The lowest BCUT2D eigenvalue weighted by atomic mass is 10.0. The van der Waals surface area contributed by atoms with Crippen LogP contribution in [-0.4, -0.2) is 167 Å². The van der Waals surface area contributed by atoms with Crippen molar-refractivity contribution in [3.8, 4) is 97.5 Å². The molecule has 0 bridgehead atoms. The van der Waals surface area contributed by atoms with E-state index in [4.69, 9.17) is 41.1 Å². The van der Waals surface area contributed by atoms with Crippen LogP contribution in [0.25, 0.3) is 56.3 Å². The standard InChI is InChI=1S/C22H24N4O.C21H31N3O.C19H28ClN3O.C18H24N4O.C16H20N4/c1-3-4-12-26(2)16-19-15-24-25-22(19)17-10-11-21(18(13-17)14-23)27-20-8-6-5-7-9-20;1-6-8-14-23(5)16-19-15-22-24(13-7-2)21(19)18-9-11-20(12-10-18)25-17(3)4;1-6-7-10-22(4)13-16-12-21-23(5)19(16)15-8-9-18(17(20)11-15)24-14(2)3;1-4-9-21(2)13-17-18(20-14-22(17)10-11-23-3)16-7-5-15(12-19)6-8-16;1-4-9-19(2)11-15-16(18-12-20(15)3)14-7-5-13(10-17)6-8-14/h5-11,13,15H,3-4,12,16H2,1-2H3,(H,24,25);7,9-12,15,17H,2,6,8,13-14,16H2,1,3-5H3;8-9,11-12,14H,6-7,10,13H2,1-5H3;5-8,14H,4,9-11,13H2,1-3H3;5-8,12H,4,9,11H2,1-3H3. The molecule has 5 heterocycles. The minimum atomic E-state index is 0.104. The summed E-state index contributed by atoms with van der Waals surface area (Å²) in [6, 6.07) is 51.1. The largest absolute Gasteiger partial charge is 0.491 e. The van der Waals surface area contributed by atoms with Gasteiger partial charge in [0.05, 0.1) is 130 Å². The summed E-state index contributed by atoms with van der Waals surface area (Å²) in [6.45, 7) is 34.7. The Kier molecular flexibility index (Phi) is 40.6. The van der Waals surface area contributed by atoms with Crippen molar-refractivity contribution in [1.29, 1.82) is 15.8 Å². The molecule has 119 heavy (non-hydrogen) atoms. The molecular formula is C96H127ClN18O4. The number of H-pyrrole nitrogens is 1. The number of nitrogens with one attached hydrogen (secondary N) is 1. The van der Waals surface area contributed by atoms with Crippen LogP contribution in [0.1, 0.15) is 158 Å². The van der Waals surface area contributed by atoms with E-state index in [0.717, 1.165) is 152 Å². The number of hydrogen-bond acceptors (Lipinski definition) is 17. The molecule has 0 aliphatic rings. The van der Waals surface area contributed by atoms with E-state index in [1.54, 1.807) is 7.11 Å². The van der Waals surface area contributed by atoms with Crippen LogP contribution in [0.3, 0.4) is 0 Å². The average molecular weight is 1630 g/mol. The van der Waals surface area contributed by atoms with E-state index < -0.39 is 0 Å². The van der Waals surface area contributed by atoms with Crippen LogP contribution < -0.4 is 14.2 Å². The van der Waals surface area contributed by atoms with Crippen molar-refractivity contribution in [2.45, 2.75) is 172 Å². The molecule has 0 amide bonds. The molecule has 0 saturated carbocycles. The van der Waals surface area contributed by atoms with Gasteiger partial charge in [0, 0.05) is 105 Å². The number of para-hydroxylation sites is 1. The first-order valence-corrected chi connectivity index (χ1v) is 42.1. The summed E-state index contributed by atoms with van der Waals surface area (Å²) >= 11 is 6.40. The number of unbranched alkanes of at least 4 members (excludes halogenated alkanes) is 3. The van der Waals surface area contributed by atoms with E-state index in [-0.39, 0.29) is 12.2 Å². The van der Waals surface area contributed by atoms with Crippen LogP contribution in [-0.2, 0) is 64.6 Å². The summed E-state index contributed by atoms with van der Waals surface area (Å²) in [5.41, 5.74) is 18.3. The lowest BCUT2D eigenvalue weighted by Crippen LogP contribution is -2.21. The summed E-state index contributed by atoms with van der Waals surface area (Å²) in [5.74, 6) is 2.88. The Morgan fingerprint density at radius 1 is 0.513 bits per heavy atom. The third-order valence-electron chi connectivity index (χ3n) is 19.5. The fourth-order valence-corrected chi connectivity index (χ4v) is 13.8. The summed E-state index contributed by atoms with van der Waals surface area (Å²) in [5, 5.41) is 44.3. The normalized spacial score (nSPS) is 11.0. The molecule has 0 atom stereocenters. The predicted octanol–water partition coefficient (Wildman–Crippen LogP) is 20.2. The van der Waals surface area contributed by atoms with Gasteiger partial charge in [-0.25, -0.2) is 9.97 Å². The number of rotatable bonds is 39. The Balaban J connectivity index is 0.000000206. The van der Waals surface area contributed by atoms with Crippen LogP contribution >= 0.6 is 11.6 Å². The number of hydrogen-bond donors (Lipinski definition) is 1. The van der Waals surface area contributed by atoms with E-state index in [1.165, 1.54) is 66.7 Å². The van der Waals surface area contributed by atoms with Gasteiger partial charge in [0.15, 0.2) is 0 Å². The van der Waals surface area contributed by atoms with Gasteiger partial charge in [-0.2, -0.15) is 31.1 Å². The summed E-state index contributed by atoms with van der Waals surface area (Å²) in [6.07, 6.45) is 21.1. The van der Waals surface area contributed by atoms with Crippen LogP contribution in [0.15, 0.2) is 183 Å². The molecule has 632 valence electrons. The zero-order chi connectivity index (χ0) is 86.2. The minimum absolute atomic E-state index is 0.104. The van der Waals surface area contributed by atoms with Gasteiger partial charge in [0.1, 0.15) is 29.1 Å². The maximum atomic E-state index is 9.57. The molecule has 0 radical (unpaired) electrons. The van der Waals surface area contributed by atoms with Crippen molar-refractivity contribution in [3.05, 3.63) is 233 Å². The molecule has 0 aliphatic heterocycles. The highest BCUT2D eigenvalue weighted by Crippen LogP contribution is 2.35. The van der Waals surface area contributed by atoms with E-state index in [1.807, 2.05) is 210 Å². The third-order valence-corrected chi connectivity index (χ3v) is 19.8. The zero-order valence-electron chi connectivity index (χ0n) is 73.6. The maximum Gasteiger partial charge on any atom is 0.145 e. The minimum Gasteiger partial charge on any atom is -0.491 e. The molecule has 5 aromatic heterocycles. The van der Waals surface area contributed by atoms with Crippen LogP contribution in [0, 0.1) is 34.0 Å². The summed E-state index contributed by atoms with van der Waals surface area (Å²) in [7, 11) is 16.4. The monoisotopic (exact) mass is 1630 g/mol. The Hall–Kier alpha value is -11.0. The molecule has 0 saturated heterocycles. The molecule has 6 aromatic carbocycles. The van der Waals surface area contributed by atoms with Gasteiger partial charge in [0.25, 0.3) is 0 Å². The second kappa shape index (κ2) is 50.7. The van der Waals surface area contributed by atoms with Gasteiger partial charge < -0.3 is 52.6 Å².